The van der Waals surface area contributed by atoms with Gasteiger partial charge >= 0.3 is 12.1 Å². The molecule has 0 heterocycles. The standard InChI is InChI=1S/C22H32O8/c1-13-4-5-19(29-12-21(25)26)18-9-14-10-20(30-22(27)28-8-7-24)15(3-2-6-23)17(14)11-16(13)18/h4-5,13-17,20,23-24H,2-3,6-12H2,1H3,(H,25,26)/t13?,14-,15+,16?,17-,20+/m0/s1. The minimum absolute atomic E-state index is 0.0937. The number of fused-ring (bicyclic) bond motifs is 2. The maximum Gasteiger partial charge on any atom is 0.508 e. The topological polar surface area (TPSA) is 123 Å². The van der Waals surface area contributed by atoms with Gasteiger partial charge in [-0.25, -0.2) is 9.59 Å². The Morgan fingerprint density at radius 3 is 2.70 bits per heavy atom. The van der Waals surface area contributed by atoms with Crippen LogP contribution in [0.2, 0.25) is 0 Å². The van der Waals surface area contributed by atoms with Gasteiger partial charge in [0.15, 0.2) is 6.61 Å². The Morgan fingerprint density at radius 1 is 1.20 bits per heavy atom. The van der Waals surface area contributed by atoms with E-state index in [2.05, 4.69) is 13.0 Å². The highest BCUT2D eigenvalue weighted by Crippen LogP contribution is 2.55. The highest BCUT2D eigenvalue weighted by Gasteiger charge is 2.50. The molecule has 30 heavy (non-hydrogen) atoms. The first-order valence-corrected chi connectivity index (χ1v) is 10.8. The van der Waals surface area contributed by atoms with Crippen molar-refractivity contribution in [3.63, 3.8) is 0 Å². The molecule has 3 aliphatic rings. The van der Waals surface area contributed by atoms with Crippen molar-refractivity contribution in [1.29, 1.82) is 0 Å². The third-order valence-corrected chi connectivity index (χ3v) is 6.73. The molecule has 0 saturated heterocycles. The van der Waals surface area contributed by atoms with Crippen LogP contribution in [0, 0.1) is 29.6 Å². The molecule has 8 nitrogen and oxygen atoms in total. The fourth-order valence-corrected chi connectivity index (χ4v) is 5.47. The normalized spacial score (nSPS) is 32.4. The third-order valence-electron chi connectivity index (χ3n) is 6.73. The first-order valence-electron chi connectivity index (χ1n) is 10.8. The van der Waals surface area contributed by atoms with E-state index in [4.69, 9.17) is 24.4 Å². The lowest BCUT2D eigenvalue weighted by Crippen LogP contribution is -2.33. The Bertz CT molecular complexity index is 685. The van der Waals surface area contributed by atoms with E-state index in [-0.39, 0.29) is 44.4 Å². The molecule has 0 aromatic rings. The van der Waals surface area contributed by atoms with E-state index in [1.807, 2.05) is 6.08 Å². The maximum atomic E-state index is 12.0. The number of aliphatic carboxylic acids is 1. The number of carboxylic acid groups (broad SMARTS) is 1. The SMILES string of the molecule is CC1C=CC(OCC(=O)O)=C2C[C@H]3C[C@@H](OC(=O)OCCO)[C@H](CCCO)[C@H]3CC21. The average Bonchev–Trinajstić information content (AvgIpc) is 3.04. The average molecular weight is 424 g/mol. The fourth-order valence-electron chi connectivity index (χ4n) is 5.47. The van der Waals surface area contributed by atoms with Gasteiger partial charge in [-0.3, -0.25) is 0 Å². The summed E-state index contributed by atoms with van der Waals surface area (Å²) in [7, 11) is 0. The van der Waals surface area contributed by atoms with Crippen molar-refractivity contribution in [2.45, 2.75) is 45.1 Å². The molecule has 0 bridgehead atoms. The molecule has 0 aliphatic heterocycles. The molecule has 2 fully saturated rings. The van der Waals surface area contributed by atoms with Crippen LogP contribution in [0.25, 0.3) is 0 Å². The molecule has 0 aromatic carbocycles. The second-order valence-electron chi connectivity index (χ2n) is 8.50. The first kappa shape index (κ1) is 22.6. The number of carbonyl (C=O) groups is 2. The smallest absolute Gasteiger partial charge is 0.482 e. The van der Waals surface area contributed by atoms with Crippen LogP contribution in [-0.4, -0.2) is 60.0 Å². The van der Waals surface area contributed by atoms with Crippen LogP contribution in [0.4, 0.5) is 4.79 Å². The molecule has 0 spiro atoms. The van der Waals surface area contributed by atoms with Crippen molar-refractivity contribution in [3.05, 3.63) is 23.5 Å². The predicted octanol–water partition coefficient (Wildman–Crippen LogP) is 2.50. The van der Waals surface area contributed by atoms with E-state index >= 15 is 0 Å². The molecular weight excluding hydrogens is 392 g/mol. The zero-order valence-electron chi connectivity index (χ0n) is 17.4. The van der Waals surface area contributed by atoms with Crippen molar-refractivity contribution >= 4 is 12.1 Å². The maximum absolute atomic E-state index is 12.0. The van der Waals surface area contributed by atoms with Gasteiger partial charge in [0, 0.05) is 6.61 Å². The molecular formula is C22H32O8. The van der Waals surface area contributed by atoms with Crippen LogP contribution in [-0.2, 0) is 19.0 Å². The largest absolute Gasteiger partial charge is 0.508 e. The van der Waals surface area contributed by atoms with E-state index in [1.54, 1.807) is 0 Å². The summed E-state index contributed by atoms with van der Waals surface area (Å²) in [6.07, 6.45) is 6.75. The van der Waals surface area contributed by atoms with Crippen molar-refractivity contribution < 1.29 is 39.1 Å². The molecule has 3 aliphatic carbocycles. The Hall–Kier alpha value is -2.06. The lowest BCUT2D eigenvalue weighted by Gasteiger charge is -2.41. The number of hydrogen-bond donors (Lipinski definition) is 3. The minimum Gasteiger partial charge on any atom is -0.482 e. The van der Waals surface area contributed by atoms with E-state index in [1.165, 1.54) is 0 Å². The van der Waals surface area contributed by atoms with Crippen LogP contribution >= 0.6 is 0 Å². The highest BCUT2D eigenvalue weighted by atomic mass is 16.7. The van der Waals surface area contributed by atoms with Crippen molar-refractivity contribution in [2.75, 3.05) is 26.4 Å². The summed E-state index contributed by atoms with van der Waals surface area (Å²) in [5, 5.41) is 27.1. The quantitative estimate of drug-likeness (QED) is 0.483. The lowest BCUT2D eigenvalue weighted by atomic mass is 9.65. The molecule has 6 atom stereocenters. The van der Waals surface area contributed by atoms with Crippen LogP contribution in [0.1, 0.15) is 39.0 Å². The monoisotopic (exact) mass is 424 g/mol. The third kappa shape index (κ3) is 5.16. The first-order chi connectivity index (χ1) is 14.4. The minimum atomic E-state index is -1.000. The van der Waals surface area contributed by atoms with Crippen LogP contribution in [0.5, 0.6) is 0 Å². The second kappa shape index (κ2) is 10.3. The number of aliphatic hydroxyl groups is 2. The molecule has 2 saturated carbocycles. The molecule has 0 radical (unpaired) electrons. The summed E-state index contributed by atoms with van der Waals surface area (Å²) in [6, 6.07) is 0. The van der Waals surface area contributed by atoms with Gasteiger partial charge in [-0.1, -0.05) is 13.0 Å². The zero-order valence-corrected chi connectivity index (χ0v) is 17.4. The number of rotatable bonds is 9. The molecule has 8 heteroatoms. The highest BCUT2D eigenvalue weighted by molar-refractivity contribution is 5.68. The summed E-state index contributed by atoms with van der Waals surface area (Å²) in [5.41, 5.74) is 1.16. The lowest BCUT2D eigenvalue weighted by molar-refractivity contribution is -0.140. The molecule has 3 N–H and O–H groups in total. The van der Waals surface area contributed by atoms with Crippen LogP contribution in [0.3, 0.4) is 0 Å². The summed E-state index contributed by atoms with van der Waals surface area (Å²) in [6.45, 7) is 1.55. The van der Waals surface area contributed by atoms with Gasteiger partial charge in [-0.15, -0.1) is 0 Å². The number of aliphatic hydroxyl groups excluding tert-OH is 2. The summed E-state index contributed by atoms with van der Waals surface area (Å²) in [5.74, 6) is 1.07. The van der Waals surface area contributed by atoms with Gasteiger partial charge in [-0.2, -0.15) is 0 Å². The fraction of sp³-hybridized carbons (Fsp3) is 0.727. The van der Waals surface area contributed by atoms with Crippen molar-refractivity contribution in [2.24, 2.45) is 29.6 Å². The van der Waals surface area contributed by atoms with Crippen LogP contribution < -0.4 is 0 Å². The van der Waals surface area contributed by atoms with Gasteiger partial charge < -0.3 is 29.5 Å². The molecule has 3 rings (SSSR count). The van der Waals surface area contributed by atoms with E-state index in [0.29, 0.717) is 36.4 Å². The summed E-state index contributed by atoms with van der Waals surface area (Å²) >= 11 is 0. The summed E-state index contributed by atoms with van der Waals surface area (Å²) < 4.78 is 16.1. The Kier molecular flexibility index (Phi) is 7.77. The van der Waals surface area contributed by atoms with Gasteiger partial charge in [0.1, 0.15) is 18.5 Å². The van der Waals surface area contributed by atoms with E-state index < -0.39 is 12.1 Å². The van der Waals surface area contributed by atoms with Crippen molar-refractivity contribution in [1.82, 2.24) is 0 Å². The van der Waals surface area contributed by atoms with E-state index in [0.717, 1.165) is 24.8 Å². The Labute approximate surface area is 176 Å². The zero-order chi connectivity index (χ0) is 21.7. The molecule has 0 aromatic heterocycles. The number of allylic oxidation sites excluding steroid dienone is 3. The summed E-state index contributed by atoms with van der Waals surface area (Å²) in [4.78, 5) is 22.9. The molecule has 0 amide bonds. The van der Waals surface area contributed by atoms with Gasteiger partial charge in [-0.05, 0) is 73.3 Å². The predicted molar refractivity (Wildman–Crippen MR) is 106 cm³/mol. The Balaban J connectivity index is 1.77. The number of hydrogen-bond acceptors (Lipinski definition) is 7. The molecule has 2 unspecified atom stereocenters. The second-order valence-corrected chi connectivity index (χ2v) is 8.50. The van der Waals surface area contributed by atoms with Crippen LogP contribution in [0.15, 0.2) is 23.5 Å². The van der Waals surface area contributed by atoms with Gasteiger partial charge in [0.05, 0.1) is 6.61 Å². The molecule has 168 valence electrons. The Morgan fingerprint density at radius 2 is 2.00 bits per heavy atom. The number of carbonyl (C=O) groups excluding carboxylic acids is 1. The van der Waals surface area contributed by atoms with E-state index in [9.17, 15) is 14.7 Å². The van der Waals surface area contributed by atoms with Gasteiger partial charge in [0.2, 0.25) is 0 Å². The van der Waals surface area contributed by atoms with Gasteiger partial charge in [0.25, 0.3) is 0 Å². The number of carboxylic acids is 1. The number of ether oxygens (including phenoxy) is 3. The van der Waals surface area contributed by atoms with Crippen molar-refractivity contribution in [3.8, 4) is 0 Å².